The summed E-state index contributed by atoms with van der Waals surface area (Å²) in [6.45, 7) is 4.73. The normalized spacial score (nSPS) is 10.8. The van der Waals surface area contributed by atoms with E-state index >= 15 is 0 Å². The zero-order valence-corrected chi connectivity index (χ0v) is 15.3. The fourth-order valence-corrected chi connectivity index (χ4v) is 2.53. The highest BCUT2D eigenvalue weighted by Gasteiger charge is 2.23. The first-order valence-corrected chi connectivity index (χ1v) is 8.33. The molecule has 1 aromatic heterocycles. The largest absolute Gasteiger partial charge is 0.462 e. The molecule has 0 saturated carbocycles. The van der Waals surface area contributed by atoms with Crippen LogP contribution in [-0.4, -0.2) is 35.9 Å². The molecule has 0 radical (unpaired) electrons. The molecule has 2 rings (SSSR count). The van der Waals surface area contributed by atoms with Crippen LogP contribution in [0.1, 0.15) is 44.6 Å². The number of hydrogen-bond acceptors (Lipinski definition) is 5. The second-order valence-corrected chi connectivity index (χ2v) is 5.76. The number of rotatable bonds is 7. The molecule has 0 unspecified atom stereocenters. The maximum Gasteiger partial charge on any atom is 0.340 e. The first-order chi connectivity index (χ1) is 12.8. The minimum atomic E-state index is -0.709. The smallest absolute Gasteiger partial charge is 0.340 e. The number of halogens is 1. The Morgan fingerprint density at radius 3 is 2.41 bits per heavy atom. The molecule has 1 heterocycles. The third-order valence-electron chi connectivity index (χ3n) is 3.82. The lowest BCUT2D eigenvalue weighted by atomic mass is 10.1. The SMILES string of the molecule is CCOC(=O)c1c(C)[nH]c(C(=O)COC(=O)C=Cc2ccc(F)cc2)c1C. The summed E-state index contributed by atoms with van der Waals surface area (Å²) in [6, 6.07) is 5.55. The van der Waals surface area contributed by atoms with Crippen molar-refractivity contribution in [3.05, 3.63) is 64.2 Å². The topological polar surface area (TPSA) is 85.5 Å². The molecule has 0 saturated heterocycles. The minimum Gasteiger partial charge on any atom is -0.462 e. The van der Waals surface area contributed by atoms with Gasteiger partial charge in [-0.2, -0.15) is 0 Å². The second kappa shape index (κ2) is 8.93. The maximum absolute atomic E-state index is 12.8. The molecule has 0 spiro atoms. The number of aromatic nitrogens is 1. The van der Waals surface area contributed by atoms with Crippen molar-refractivity contribution < 1.29 is 28.2 Å². The van der Waals surface area contributed by atoms with Gasteiger partial charge in [0.25, 0.3) is 0 Å². The standard InChI is InChI=1S/C20H20FNO5/c1-4-26-20(25)18-12(2)19(22-13(18)3)16(23)11-27-17(24)10-7-14-5-8-15(21)9-6-14/h5-10,22H,4,11H2,1-3H3. The first-order valence-electron chi connectivity index (χ1n) is 8.33. The number of ether oxygens (including phenoxy) is 2. The number of Topliss-reactive ketones (excluding diaryl/α,β-unsaturated/α-hetero) is 1. The van der Waals surface area contributed by atoms with Gasteiger partial charge in [-0.15, -0.1) is 0 Å². The highest BCUT2D eigenvalue weighted by molar-refractivity contribution is 6.03. The fourth-order valence-electron chi connectivity index (χ4n) is 2.53. The van der Waals surface area contributed by atoms with Crippen molar-refractivity contribution >= 4 is 23.8 Å². The van der Waals surface area contributed by atoms with Crippen molar-refractivity contribution in [3.8, 4) is 0 Å². The number of aryl methyl sites for hydroxylation is 1. The van der Waals surface area contributed by atoms with E-state index in [1.807, 2.05) is 0 Å². The van der Waals surface area contributed by atoms with Gasteiger partial charge in [0, 0.05) is 11.8 Å². The molecule has 1 aromatic carbocycles. The Morgan fingerprint density at radius 1 is 1.11 bits per heavy atom. The van der Waals surface area contributed by atoms with Crippen LogP contribution < -0.4 is 0 Å². The third kappa shape index (κ3) is 5.13. The Balaban J connectivity index is 1.99. The summed E-state index contributed by atoms with van der Waals surface area (Å²) in [6.07, 6.45) is 2.60. The molecule has 0 aliphatic carbocycles. The number of hydrogen-bond donors (Lipinski definition) is 1. The average Bonchev–Trinajstić information content (AvgIpc) is 2.93. The van der Waals surface area contributed by atoms with E-state index in [0.29, 0.717) is 22.4 Å². The van der Waals surface area contributed by atoms with Crippen LogP contribution >= 0.6 is 0 Å². The monoisotopic (exact) mass is 373 g/mol. The molecule has 1 N–H and O–H groups in total. The number of carbonyl (C=O) groups excluding carboxylic acids is 3. The van der Waals surface area contributed by atoms with Crippen LogP contribution in [0.5, 0.6) is 0 Å². The minimum absolute atomic E-state index is 0.200. The van der Waals surface area contributed by atoms with Crippen LogP contribution in [0, 0.1) is 19.7 Å². The van der Waals surface area contributed by atoms with E-state index in [1.165, 1.54) is 30.3 Å². The summed E-state index contributed by atoms with van der Waals surface area (Å²) in [4.78, 5) is 38.9. The Morgan fingerprint density at radius 2 is 1.78 bits per heavy atom. The van der Waals surface area contributed by atoms with Crippen LogP contribution in [0.3, 0.4) is 0 Å². The Kier molecular flexibility index (Phi) is 6.65. The number of nitrogens with one attached hydrogen (secondary N) is 1. The van der Waals surface area contributed by atoms with E-state index in [1.54, 1.807) is 20.8 Å². The summed E-state index contributed by atoms with van der Waals surface area (Å²) in [7, 11) is 0. The zero-order chi connectivity index (χ0) is 20.0. The van der Waals surface area contributed by atoms with Gasteiger partial charge in [-0.1, -0.05) is 12.1 Å². The molecule has 6 nitrogen and oxygen atoms in total. The van der Waals surface area contributed by atoms with Gasteiger partial charge < -0.3 is 14.5 Å². The van der Waals surface area contributed by atoms with E-state index in [9.17, 15) is 18.8 Å². The van der Waals surface area contributed by atoms with Crippen LogP contribution in [0.25, 0.3) is 6.08 Å². The van der Waals surface area contributed by atoms with Crippen molar-refractivity contribution in [2.24, 2.45) is 0 Å². The lowest BCUT2D eigenvalue weighted by molar-refractivity contribution is -0.136. The quantitative estimate of drug-likeness (QED) is 0.457. The molecule has 0 atom stereocenters. The lowest BCUT2D eigenvalue weighted by Crippen LogP contribution is -2.14. The van der Waals surface area contributed by atoms with E-state index in [2.05, 4.69) is 4.98 Å². The maximum atomic E-state index is 12.8. The highest BCUT2D eigenvalue weighted by atomic mass is 19.1. The molecule has 2 aromatic rings. The van der Waals surface area contributed by atoms with Gasteiger partial charge >= 0.3 is 11.9 Å². The summed E-state index contributed by atoms with van der Waals surface area (Å²) in [5.41, 5.74) is 2.09. The van der Waals surface area contributed by atoms with Crippen LogP contribution in [-0.2, 0) is 14.3 Å². The van der Waals surface area contributed by atoms with E-state index < -0.39 is 24.3 Å². The molecule has 7 heteroatoms. The highest BCUT2D eigenvalue weighted by Crippen LogP contribution is 2.19. The number of H-pyrrole nitrogens is 1. The molecule has 142 valence electrons. The van der Waals surface area contributed by atoms with Gasteiger partial charge in [0.2, 0.25) is 5.78 Å². The molecular formula is C20H20FNO5. The van der Waals surface area contributed by atoms with Gasteiger partial charge in [-0.05, 0) is 50.1 Å². The summed E-state index contributed by atoms with van der Waals surface area (Å²) < 4.78 is 22.7. The molecule has 0 fully saturated rings. The van der Waals surface area contributed by atoms with Gasteiger partial charge in [0.15, 0.2) is 6.61 Å². The summed E-state index contributed by atoms with van der Waals surface area (Å²) in [5, 5.41) is 0. The van der Waals surface area contributed by atoms with Crippen LogP contribution in [0.2, 0.25) is 0 Å². The van der Waals surface area contributed by atoms with Crippen LogP contribution in [0.15, 0.2) is 30.3 Å². The number of esters is 2. The van der Waals surface area contributed by atoms with Crippen molar-refractivity contribution in [1.29, 1.82) is 0 Å². The van der Waals surface area contributed by atoms with Gasteiger partial charge in [-0.3, -0.25) is 4.79 Å². The van der Waals surface area contributed by atoms with Crippen molar-refractivity contribution in [1.82, 2.24) is 4.98 Å². The Labute approximate surface area is 156 Å². The number of carbonyl (C=O) groups is 3. The number of ketones is 1. The molecule has 0 aliphatic rings. The zero-order valence-electron chi connectivity index (χ0n) is 15.3. The van der Waals surface area contributed by atoms with E-state index in [4.69, 9.17) is 9.47 Å². The molecule has 27 heavy (non-hydrogen) atoms. The number of aromatic amines is 1. The van der Waals surface area contributed by atoms with Gasteiger partial charge in [-0.25, -0.2) is 14.0 Å². The van der Waals surface area contributed by atoms with E-state index in [-0.39, 0.29) is 18.1 Å². The summed E-state index contributed by atoms with van der Waals surface area (Å²) >= 11 is 0. The fraction of sp³-hybridized carbons (Fsp3) is 0.250. The predicted octanol–water partition coefficient (Wildman–Crippen LogP) is 3.39. The lowest BCUT2D eigenvalue weighted by Gasteiger charge is -2.03. The summed E-state index contributed by atoms with van der Waals surface area (Å²) in [5.74, 6) is -2.06. The molecule has 0 aliphatic heterocycles. The molecule has 0 bridgehead atoms. The van der Waals surface area contributed by atoms with Crippen molar-refractivity contribution in [2.75, 3.05) is 13.2 Å². The molecule has 0 amide bonds. The third-order valence-corrected chi connectivity index (χ3v) is 3.82. The van der Waals surface area contributed by atoms with Crippen molar-refractivity contribution in [2.45, 2.75) is 20.8 Å². The second-order valence-electron chi connectivity index (χ2n) is 5.76. The van der Waals surface area contributed by atoms with Gasteiger partial charge in [0.1, 0.15) is 5.82 Å². The van der Waals surface area contributed by atoms with Crippen molar-refractivity contribution in [3.63, 3.8) is 0 Å². The first kappa shape index (κ1) is 20.1. The predicted molar refractivity (Wildman–Crippen MR) is 96.9 cm³/mol. The van der Waals surface area contributed by atoms with Gasteiger partial charge in [0.05, 0.1) is 17.9 Å². The Bertz CT molecular complexity index is 881. The Hall–Kier alpha value is -3.22. The van der Waals surface area contributed by atoms with E-state index in [0.717, 1.165) is 6.08 Å². The molecular weight excluding hydrogens is 353 g/mol. The van der Waals surface area contributed by atoms with Crippen LogP contribution in [0.4, 0.5) is 4.39 Å². The average molecular weight is 373 g/mol. The number of benzene rings is 1.